The number of halogens is 1. The van der Waals surface area contributed by atoms with E-state index in [1.807, 2.05) is 58.0 Å². The molecule has 3 nitrogen and oxygen atoms in total. The maximum Gasteiger partial charge on any atom is 0.129 e. The van der Waals surface area contributed by atoms with Crippen LogP contribution in [-0.4, -0.2) is 15.0 Å². The second kappa shape index (κ2) is 5.84. The summed E-state index contributed by atoms with van der Waals surface area (Å²) in [7, 11) is 0. The molecule has 0 atom stereocenters. The van der Waals surface area contributed by atoms with Gasteiger partial charge in [0.2, 0.25) is 0 Å². The second-order valence-electron chi connectivity index (χ2n) is 6.90. The highest BCUT2D eigenvalue weighted by molar-refractivity contribution is 6.10. The number of hydrogen-bond acceptors (Lipinski definition) is 3. The highest BCUT2D eigenvalue weighted by atomic mass is 19.1. The van der Waals surface area contributed by atoms with Gasteiger partial charge in [-0.3, -0.25) is 4.98 Å². The van der Waals surface area contributed by atoms with Gasteiger partial charge in [0, 0.05) is 27.7 Å². The van der Waals surface area contributed by atoms with Gasteiger partial charge < -0.3 is 0 Å². The Morgan fingerprint density at radius 1 is 0.846 bits per heavy atom. The molecule has 0 bridgehead atoms. The summed E-state index contributed by atoms with van der Waals surface area (Å²) in [5, 5.41) is 2.77. The first kappa shape index (κ1) is 16.6. The van der Waals surface area contributed by atoms with Crippen molar-refractivity contribution in [1.29, 1.82) is 0 Å². The first-order valence-corrected chi connectivity index (χ1v) is 8.68. The molecule has 0 fully saturated rings. The average Bonchev–Trinajstić information content (AvgIpc) is 2.58. The number of hydrogen-bond donors (Lipinski definition) is 0. The molecule has 4 heteroatoms. The predicted octanol–water partition coefficient (Wildman–Crippen LogP) is 5.53. The minimum absolute atomic E-state index is 0.170. The second-order valence-corrected chi connectivity index (χ2v) is 6.90. The Balaban J connectivity index is 2.17. The van der Waals surface area contributed by atoms with Crippen LogP contribution in [0.3, 0.4) is 0 Å². The lowest BCUT2D eigenvalue weighted by Gasteiger charge is -2.14. The fraction of sp³-hybridized carbons (Fsp3) is 0.227. The van der Waals surface area contributed by atoms with Crippen molar-refractivity contribution in [2.75, 3.05) is 0 Å². The van der Waals surface area contributed by atoms with Crippen molar-refractivity contribution >= 4 is 21.7 Å². The maximum atomic E-state index is 14.6. The highest BCUT2D eigenvalue weighted by Crippen LogP contribution is 2.35. The number of aryl methyl sites for hydroxylation is 5. The third kappa shape index (κ3) is 2.45. The molecule has 130 valence electrons. The van der Waals surface area contributed by atoms with Crippen LogP contribution in [0.1, 0.15) is 28.3 Å². The monoisotopic (exact) mass is 345 g/mol. The number of benzene rings is 2. The van der Waals surface area contributed by atoms with E-state index >= 15 is 0 Å². The van der Waals surface area contributed by atoms with E-state index < -0.39 is 0 Å². The lowest BCUT2D eigenvalue weighted by molar-refractivity contribution is 0.612. The summed E-state index contributed by atoms with van der Waals surface area (Å²) in [4.78, 5) is 13.9. The molecule has 0 N–H and O–H groups in total. The molecule has 0 spiro atoms. The summed E-state index contributed by atoms with van der Waals surface area (Å²) in [6.45, 7) is 9.45. The molecular weight excluding hydrogens is 325 g/mol. The van der Waals surface area contributed by atoms with Crippen molar-refractivity contribution in [1.82, 2.24) is 15.0 Å². The molecule has 0 aliphatic carbocycles. The molecule has 2 aromatic carbocycles. The largest absolute Gasteiger partial charge is 0.258 e. The summed E-state index contributed by atoms with van der Waals surface area (Å²) in [5.41, 5.74) is 5.81. The van der Waals surface area contributed by atoms with Crippen LogP contribution in [0.25, 0.3) is 32.9 Å². The highest BCUT2D eigenvalue weighted by Gasteiger charge is 2.16. The van der Waals surface area contributed by atoms with E-state index in [1.54, 1.807) is 6.92 Å². The Kier molecular flexibility index (Phi) is 3.72. The van der Waals surface area contributed by atoms with E-state index in [0.717, 1.165) is 44.3 Å². The Hall–Kier alpha value is -2.88. The molecule has 0 amide bonds. The van der Waals surface area contributed by atoms with Crippen LogP contribution < -0.4 is 0 Å². The molecule has 2 aromatic heterocycles. The van der Waals surface area contributed by atoms with Crippen molar-refractivity contribution in [3.8, 4) is 11.3 Å². The van der Waals surface area contributed by atoms with Crippen LogP contribution in [0.5, 0.6) is 0 Å². The van der Waals surface area contributed by atoms with Crippen molar-refractivity contribution < 1.29 is 4.39 Å². The van der Waals surface area contributed by atoms with Gasteiger partial charge in [-0.05, 0) is 75.4 Å². The molecule has 4 aromatic rings. The SMILES string of the molecule is Cc1ccc(-c2nc(C)nc3c2ccc2cc(C)c(F)c(C)c23)c(C)n1. The van der Waals surface area contributed by atoms with Gasteiger partial charge in [0.1, 0.15) is 11.6 Å². The number of rotatable bonds is 1. The summed E-state index contributed by atoms with van der Waals surface area (Å²) in [6, 6.07) is 9.97. The van der Waals surface area contributed by atoms with Crippen LogP contribution in [0.15, 0.2) is 30.3 Å². The maximum absolute atomic E-state index is 14.6. The van der Waals surface area contributed by atoms with Gasteiger partial charge in [0.25, 0.3) is 0 Å². The molecule has 0 saturated heterocycles. The fourth-order valence-electron chi connectivity index (χ4n) is 3.68. The molecule has 0 aliphatic heterocycles. The molecular formula is C22H20FN3. The Labute approximate surface area is 152 Å². The van der Waals surface area contributed by atoms with Crippen molar-refractivity contribution in [3.63, 3.8) is 0 Å². The zero-order valence-electron chi connectivity index (χ0n) is 15.6. The van der Waals surface area contributed by atoms with Crippen molar-refractivity contribution in [2.45, 2.75) is 34.6 Å². The van der Waals surface area contributed by atoms with E-state index in [0.29, 0.717) is 17.0 Å². The molecule has 26 heavy (non-hydrogen) atoms. The van der Waals surface area contributed by atoms with Crippen LogP contribution in [0.4, 0.5) is 4.39 Å². The lowest BCUT2D eigenvalue weighted by atomic mass is 9.96. The first-order chi connectivity index (χ1) is 12.4. The Morgan fingerprint density at radius 2 is 1.62 bits per heavy atom. The van der Waals surface area contributed by atoms with Gasteiger partial charge >= 0.3 is 0 Å². The number of pyridine rings is 1. The van der Waals surface area contributed by atoms with Crippen LogP contribution in [0, 0.1) is 40.4 Å². The van der Waals surface area contributed by atoms with Crippen LogP contribution >= 0.6 is 0 Å². The minimum Gasteiger partial charge on any atom is -0.258 e. The summed E-state index contributed by atoms with van der Waals surface area (Å²) < 4.78 is 14.6. The van der Waals surface area contributed by atoms with Gasteiger partial charge in [-0.15, -0.1) is 0 Å². The third-order valence-corrected chi connectivity index (χ3v) is 4.92. The predicted molar refractivity (Wildman–Crippen MR) is 104 cm³/mol. The van der Waals surface area contributed by atoms with Gasteiger partial charge in [-0.25, -0.2) is 14.4 Å². The van der Waals surface area contributed by atoms with Crippen LogP contribution in [0.2, 0.25) is 0 Å². The molecule has 4 rings (SSSR count). The topological polar surface area (TPSA) is 38.7 Å². The minimum atomic E-state index is -0.170. The third-order valence-electron chi connectivity index (χ3n) is 4.92. The molecule has 0 unspecified atom stereocenters. The van der Waals surface area contributed by atoms with Gasteiger partial charge in [-0.1, -0.05) is 6.07 Å². The number of nitrogens with zero attached hydrogens (tertiary/aromatic N) is 3. The normalized spacial score (nSPS) is 11.5. The molecule has 2 heterocycles. The molecule has 0 aliphatic rings. The zero-order chi connectivity index (χ0) is 18.6. The van der Waals surface area contributed by atoms with E-state index in [1.165, 1.54) is 0 Å². The first-order valence-electron chi connectivity index (χ1n) is 8.68. The summed E-state index contributed by atoms with van der Waals surface area (Å²) >= 11 is 0. The molecule has 0 radical (unpaired) electrons. The van der Waals surface area contributed by atoms with Gasteiger partial charge in [-0.2, -0.15) is 0 Å². The molecule has 0 saturated carbocycles. The lowest BCUT2D eigenvalue weighted by Crippen LogP contribution is -1.99. The van der Waals surface area contributed by atoms with Gasteiger partial charge in [0.15, 0.2) is 0 Å². The average molecular weight is 345 g/mol. The van der Waals surface area contributed by atoms with Crippen molar-refractivity contribution in [2.24, 2.45) is 0 Å². The summed E-state index contributed by atoms with van der Waals surface area (Å²) in [5.74, 6) is 0.497. The number of aromatic nitrogens is 3. The Morgan fingerprint density at radius 3 is 2.35 bits per heavy atom. The quantitative estimate of drug-likeness (QED) is 0.426. The summed E-state index contributed by atoms with van der Waals surface area (Å²) in [6.07, 6.45) is 0. The van der Waals surface area contributed by atoms with E-state index in [9.17, 15) is 4.39 Å². The smallest absolute Gasteiger partial charge is 0.129 e. The standard InChI is InChI=1S/C22H20FN3/c1-11-10-16-7-9-18-21(17-8-6-12(2)24-14(17)4)25-15(5)26-22(18)19(16)13(3)20(11)23/h6-10H,1-5H3. The fourth-order valence-corrected chi connectivity index (χ4v) is 3.68. The van der Waals surface area contributed by atoms with E-state index in [-0.39, 0.29) is 5.82 Å². The zero-order valence-corrected chi connectivity index (χ0v) is 15.6. The van der Waals surface area contributed by atoms with Crippen molar-refractivity contribution in [3.05, 3.63) is 64.5 Å². The number of fused-ring (bicyclic) bond motifs is 3. The van der Waals surface area contributed by atoms with E-state index in [2.05, 4.69) is 9.97 Å². The van der Waals surface area contributed by atoms with Crippen LogP contribution in [-0.2, 0) is 0 Å². The Bertz CT molecular complexity index is 1200. The van der Waals surface area contributed by atoms with E-state index in [4.69, 9.17) is 4.98 Å². The van der Waals surface area contributed by atoms with Gasteiger partial charge in [0.05, 0.1) is 11.2 Å².